The molecule has 0 aliphatic heterocycles. The van der Waals surface area contributed by atoms with Crippen LogP contribution in [0, 0.1) is 0 Å². The van der Waals surface area contributed by atoms with E-state index < -0.39 is 0 Å². The number of ketones is 1. The van der Waals surface area contributed by atoms with Crippen molar-refractivity contribution in [2.45, 2.75) is 19.3 Å². The molecular formula is C10H8BrClO. The van der Waals surface area contributed by atoms with Gasteiger partial charge in [-0.05, 0) is 46.5 Å². The van der Waals surface area contributed by atoms with Crippen LogP contribution in [0.25, 0.3) is 0 Å². The fourth-order valence-electron chi connectivity index (χ4n) is 1.63. The number of hydrogen-bond acceptors (Lipinski definition) is 1. The molecule has 0 heterocycles. The molecule has 0 bridgehead atoms. The third-order valence-electron chi connectivity index (χ3n) is 2.30. The zero-order chi connectivity index (χ0) is 9.42. The minimum Gasteiger partial charge on any atom is -0.294 e. The number of carbonyl (C=O) groups excluding carboxylic acids is 1. The molecule has 0 amide bonds. The van der Waals surface area contributed by atoms with Gasteiger partial charge in [0.25, 0.3) is 0 Å². The molecule has 0 radical (unpaired) electrons. The lowest BCUT2D eigenvalue weighted by Gasteiger charge is -2.15. The Hall–Kier alpha value is -0.340. The smallest absolute Gasteiger partial charge is 0.163 e. The Labute approximate surface area is 90.2 Å². The number of rotatable bonds is 0. The van der Waals surface area contributed by atoms with Crippen LogP contribution in [0.5, 0.6) is 0 Å². The predicted molar refractivity (Wildman–Crippen MR) is 56.4 cm³/mol. The molecule has 1 aliphatic rings. The van der Waals surface area contributed by atoms with Crippen LogP contribution in [0.3, 0.4) is 0 Å². The van der Waals surface area contributed by atoms with Crippen LogP contribution in [0.15, 0.2) is 16.6 Å². The second-order valence-corrected chi connectivity index (χ2v) is 4.46. The first-order valence-electron chi connectivity index (χ1n) is 4.19. The van der Waals surface area contributed by atoms with E-state index >= 15 is 0 Å². The highest BCUT2D eigenvalue weighted by Gasteiger charge is 2.18. The SMILES string of the molecule is O=C1CCCc2cc(Cl)c(Br)cc21. The summed E-state index contributed by atoms with van der Waals surface area (Å²) in [6.07, 6.45) is 2.58. The van der Waals surface area contributed by atoms with Crippen molar-refractivity contribution < 1.29 is 4.79 Å². The largest absolute Gasteiger partial charge is 0.294 e. The maximum atomic E-state index is 11.5. The van der Waals surface area contributed by atoms with Gasteiger partial charge in [-0.1, -0.05) is 11.6 Å². The molecule has 0 saturated heterocycles. The third kappa shape index (κ3) is 1.65. The van der Waals surface area contributed by atoms with Crippen LogP contribution >= 0.6 is 27.5 Å². The van der Waals surface area contributed by atoms with Gasteiger partial charge in [-0.15, -0.1) is 0 Å². The van der Waals surface area contributed by atoms with E-state index in [-0.39, 0.29) is 5.78 Å². The lowest BCUT2D eigenvalue weighted by Crippen LogP contribution is -2.10. The maximum absolute atomic E-state index is 11.5. The normalized spacial score (nSPS) is 15.7. The van der Waals surface area contributed by atoms with Gasteiger partial charge in [-0.25, -0.2) is 0 Å². The molecule has 0 aromatic heterocycles. The molecule has 13 heavy (non-hydrogen) atoms. The van der Waals surface area contributed by atoms with Crippen molar-refractivity contribution in [2.24, 2.45) is 0 Å². The molecule has 0 N–H and O–H groups in total. The number of hydrogen-bond donors (Lipinski definition) is 0. The molecule has 1 aromatic rings. The summed E-state index contributed by atoms with van der Waals surface area (Å²) in [5.41, 5.74) is 1.92. The van der Waals surface area contributed by atoms with E-state index in [0.29, 0.717) is 11.4 Å². The van der Waals surface area contributed by atoms with Crippen molar-refractivity contribution in [1.29, 1.82) is 0 Å². The van der Waals surface area contributed by atoms with Crippen molar-refractivity contribution >= 4 is 33.3 Å². The lowest BCUT2D eigenvalue weighted by molar-refractivity contribution is 0.0972. The number of fused-ring (bicyclic) bond motifs is 1. The standard InChI is InChI=1S/C10H8BrClO/c11-8-5-7-6(4-9(8)12)2-1-3-10(7)13/h4-5H,1-3H2. The molecule has 1 nitrogen and oxygen atoms in total. The summed E-state index contributed by atoms with van der Waals surface area (Å²) in [5.74, 6) is 0.235. The summed E-state index contributed by atoms with van der Waals surface area (Å²) in [6.45, 7) is 0. The van der Waals surface area contributed by atoms with Crippen molar-refractivity contribution in [3.63, 3.8) is 0 Å². The zero-order valence-corrected chi connectivity index (χ0v) is 9.28. The molecule has 68 valence electrons. The number of carbonyl (C=O) groups is 1. The van der Waals surface area contributed by atoms with Gasteiger partial charge in [0.1, 0.15) is 0 Å². The van der Waals surface area contributed by atoms with Gasteiger partial charge in [0.05, 0.1) is 5.02 Å². The van der Waals surface area contributed by atoms with Crippen molar-refractivity contribution in [1.82, 2.24) is 0 Å². The van der Waals surface area contributed by atoms with Crippen molar-refractivity contribution in [3.8, 4) is 0 Å². The number of benzene rings is 1. The number of halogens is 2. The monoisotopic (exact) mass is 258 g/mol. The van der Waals surface area contributed by atoms with Gasteiger partial charge in [-0.2, -0.15) is 0 Å². The molecule has 1 aliphatic carbocycles. The van der Waals surface area contributed by atoms with E-state index in [4.69, 9.17) is 11.6 Å². The molecule has 0 saturated carbocycles. The van der Waals surface area contributed by atoms with Crippen LogP contribution < -0.4 is 0 Å². The average Bonchev–Trinajstić information content (AvgIpc) is 2.09. The van der Waals surface area contributed by atoms with Gasteiger partial charge in [0.15, 0.2) is 5.78 Å². The van der Waals surface area contributed by atoms with Gasteiger partial charge in [0, 0.05) is 16.5 Å². The molecule has 0 fully saturated rings. The molecule has 0 atom stereocenters. The summed E-state index contributed by atoms with van der Waals surface area (Å²) >= 11 is 9.25. The van der Waals surface area contributed by atoms with Gasteiger partial charge >= 0.3 is 0 Å². The van der Waals surface area contributed by atoms with E-state index in [1.807, 2.05) is 12.1 Å². The quantitative estimate of drug-likeness (QED) is 0.695. The Kier molecular flexibility index (Phi) is 2.43. The summed E-state index contributed by atoms with van der Waals surface area (Å²) in [4.78, 5) is 11.5. The molecule has 0 spiro atoms. The first kappa shape index (κ1) is 9.22. The van der Waals surface area contributed by atoms with Gasteiger partial charge < -0.3 is 0 Å². The highest BCUT2D eigenvalue weighted by Crippen LogP contribution is 2.30. The molecular weight excluding hydrogens is 251 g/mol. The van der Waals surface area contributed by atoms with Crippen molar-refractivity contribution in [3.05, 3.63) is 32.8 Å². The topological polar surface area (TPSA) is 17.1 Å². The first-order chi connectivity index (χ1) is 6.18. The number of aryl methyl sites for hydroxylation is 1. The van der Waals surface area contributed by atoms with E-state index in [0.717, 1.165) is 28.4 Å². The third-order valence-corrected chi connectivity index (χ3v) is 3.49. The minimum atomic E-state index is 0.235. The maximum Gasteiger partial charge on any atom is 0.163 e. The summed E-state index contributed by atoms with van der Waals surface area (Å²) in [6, 6.07) is 3.72. The van der Waals surface area contributed by atoms with Crippen LogP contribution in [-0.2, 0) is 6.42 Å². The number of Topliss-reactive ketones (excluding diaryl/α,β-unsaturated/α-hetero) is 1. The molecule has 3 heteroatoms. The molecule has 2 rings (SSSR count). The summed E-state index contributed by atoms with van der Waals surface area (Å²) < 4.78 is 0.808. The van der Waals surface area contributed by atoms with Gasteiger partial charge in [-0.3, -0.25) is 4.79 Å². The second-order valence-electron chi connectivity index (χ2n) is 3.20. The van der Waals surface area contributed by atoms with Crippen LogP contribution in [0.2, 0.25) is 5.02 Å². The Morgan fingerprint density at radius 1 is 1.31 bits per heavy atom. The highest BCUT2D eigenvalue weighted by atomic mass is 79.9. The first-order valence-corrected chi connectivity index (χ1v) is 5.36. The Bertz CT molecular complexity index is 373. The predicted octanol–water partition coefficient (Wildman–Crippen LogP) is 3.62. The Balaban J connectivity index is 2.58. The summed E-state index contributed by atoms with van der Waals surface area (Å²) in [5, 5.41) is 0.688. The average molecular weight is 260 g/mol. The molecule has 1 aromatic carbocycles. The fraction of sp³-hybridized carbons (Fsp3) is 0.300. The van der Waals surface area contributed by atoms with Gasteiger partial charge in [0.2, 0.25) is 0 Å². The van der Waals surface area contributed by atoms with E-state index in [1.54, 1.807) is 0 Å². The van der Waals surface area contributed by atoms with Crippen LogP contribution in [-0.4, -0.2) is 5.78 Å². The van der Waals surface area contributed by atoms with E-state index in [1.165, 1.54) is 0 Å². The lowest BCUT2D eigenvalue weighted by atomic mass is 9.91. The molecule has 0 unspecified atom stereocenters. The Morgan fingerprint density at radius 3 is 2.85 bits per heavy atom. The van der Waals surface area contributed by atoms with Crippen LogP contribution in [0.1, 0.15) is 28.8 Å². The zero-order valence-electron chi connectivity index (χ0n) is 6.94. The Morgan fingerprint density at radius 2 is 2.08 bits per heavy atom. The van der Waals surface area contributed by atoms with E-state index in [2.05, 4.69) is 15.9 Å². The van der Waals surface area contributed by atoms with Crippen LogP contribution in [0.4, 0.5) is 0 Å². The summed E-state index contributed by atoms with van der Waals surface area (Å²) in [7, 11) is 0. The highest BCUT2D eigenvalue weighted by molar-refractivity contribution is 9.10. The van der Waals surface area contributed by atoms with E-state index in [9.17, 15) is 4.79 Å². The second kappa shape index (κ2) is 3.43. The van der Waals surface area contributed by atoms with Crippen molar-refractivity contribution in [2.75, 3.05) is 0 Å². The fourth-order valence-corrected chi connectivity index (χ4v) is 2.16. The minimum absolute atomic E-state index is 0.235.